The van der Waals surface area contributed by atoms with Gasteiger partial charge in [0.1, 0.15) is 0 Å². The number of fused-ring (bicyclic) bond motifs is 8. The molecule has 0 aliphatic carbocycles. The predicted molar refractivity (Wildman–Crippen MR) is 180 cm³/mol. The van der Waals surface area contributed by atoms with Gasteiger partial charge in [-0.15, -0.1) is 11.3 Å². The Hall–Kier alpha value is -5.25. The van der Waals surface area contributed by atoms with E-state index in [-0.39, 0.29) is 0 Å². The van der Waals surface area contributed by atoms with Crippen LogP contribution in [0.5, 0.6) is 0 Å². The molecule has 2 nitrogen and oxygen atoms in total. The van der Waals surface area contributed by atoms with Crippen LogP contribution in [0, 0.1) is 0 Å². The van der Waals surface area contributed by atoms with Crippen LogP contribution in [-0.2, 0) is 0 Å². The molecule has 9 rings (SSSR count). The first kappa shape index (κ1) is 23.5. The van der Waals surface area contributed by atoms with Crippen LogP contribution in [0.15, 0.2) is 146 Å². The van der Waals surface area contributed by atoms with E-state index >= 15 is 0 Å². The molecule has 196 valence electrons. The molecule has 0 spiro atoms. The molecule has 3 heteroatoms. The maximum Gasteiger partial charge on any atom is 0.0985 e. The standard InChI is InChI=1S/C39H24N2S/c1-2-10-26(11-3-1)33-20-22-35-38(40-33)37-34(21-19-32-31-15-6-7-16-36(31)42-39(32)37)41(35)30-14-8-13-28(24-30)29-18-17-25-9-4-5-12-27(25)23-29/h1-24H. The van der Waals surface area contributed by atoms with Gasteiger partial charge < -0.3 is 4.57 Å². The van der Waals surface area contributed by atoms with E-state index in [9.17, 15) is 0 Å². The molecule has 0 bridgehead atoms. The van der Waals surface area contributed by atoms with Gasteiger partial charge >= 0.3 is 0 Å². The van der Waals surface area contributed by atoms with Crippen LogP contribution >= 0.6 is 11.3 Å². The normalized spacial score (nSPS) is 11.8. The third-order valence-corrected chi connectivity index (χ3v) is 9.58. The number of aromatic nitrogens is 2. The van der Waals surface area contributed by atoms with Gasteiger partial charge in [-0.1, -0.05) is 103 Å². The number of thiophene rings is 1. The lowest BCUT2D eigenvalue weighted by Gasteiger charge is -2.11. The Kier molecular flexibility index (Phi) is 5.10. The van der Waals surface area contributed by atoms with Crippen LogP contribution < -0.4 is 0 Å². The summed E-state index contributed by atoms with van der Waals surface area (Å²) in [5.74, 6) is 0. The zero-order valence-corrected chi connectivity index (χ0v) is 23.5. The summed E-state index contributed by atoms with van der Waals surface area (Å²) in [6, 6.07) is 52.3. The van der Waals surface area contributed by atoms with Crippen LogP contribution in [0.4, 0.5) is 0 Å². The molecule has 0 aliphatic rings. The summed E-state index contributed by atoms with van der Waals surface area (Å²) in [5.41, 5.74) is 9.00. The minimum Gasteiger partial charge on any atom is -0.308 e. The van der Waals surface area contributed by atoms with Crippen molar-refractivity contribution in [3.63, 3.8) is 0 Å². The second kappa shape index (κ2) is 9.13. The maximum atomic E-state index is 5.34. The van der Waals surface area contributed by atoms with E-state index in [0.29, 0.717) is 0 Å². The first-order valence-corrected chi connectivity index (χ1v) is 15.0. The van der Waals surface area contributed by atoms with Crippen molar-refractivity contribution in [3.8, 4) is 28.1 Å². The Balaban J connectivity index is 1.34. The predicted octanol–water partition coefficient (Wildman–Crippen LogP) is 11.0. The third-order valence-electron chi connectivity index (χ3n) is 8.37. The maximum absolute atomic E-state index is 5.34. The van der Waals surface area contributed by atoms with E-state index < -0.39 is 0 Å². The van der Waals surface area contributed by atoms with Crippen LogP contribution in [0.25, 0.3) is 81.0 Å². The SMILES string of the molecule is c1ccc(-c2ccc3c(n2)c2c4sc5ccccc5c4ccc2n3-c2cccc(-c3ccc4ccccc4c3)c2)cc1. The first-order chi connectivity index (χ1) is 20.8. The van der Waals surface area contributed by atoms with Crippen molar-refractivity contribution in [1.29, 1.82) is 0 Å². The van der Waals surface area contributed by atoms with Crippen molar-refractivity contribution in [2.24, 2.45) is 0 Å². The van der Waals surface area contributed by atoms with Gasteiger partial charge in [-0.25, -0.2) is 4.98 Å². The van der Waals surface area contributed by atoms with Crippen molar-refractivity contribution < 1.29 is 0 Å². The summed E-state index contributed by atoms with van der Waals surface area (Å²) in [6.07, 6.45) is 0. The van der Waals surface area contributed by atoms with Gasteiger partial charge in [0, 0.05) is 36.8 Å². The monoisotopic (exact) mass is 552 g/mol. The van der Waals surface area contributed by atoms with Gasteiger partial charge in [0.05, 0.1) is 22.2 Å². The van der Waals surface area contributed by atoms with Gasteiger partial charge in [-0.2, -0.15) is 0 Å². The quantitative estimate of drug-likeness (QED) is 0.213. The summed E-state index contributed by atoms with van der Waals surface area (Å²) >= 11 is 1.86. The molecule has 3 aromatic heterocycles. The average molecular weight is 553 g/mol. The lowest BCUT2D eigenvalue weighted by molar-refractivity contribution is 1.18. The molecule has 6 aromatic carbocycles. The number of hydrogen-bond donors (Lipinski definition) is 0. The third kappa shape index (κ3) is 3.54. The number of benzene rings is 6. The Morgan fingerprint density at radius 3 is 2.19 bits per heavy atom. The van der Waals surface area contributed by atoms with Gasteiger partial charge in [0.2, 0.25) is 0 Å². The second-order valence-corrected chi connectivity index (χ2v) is 11.9. The zero-order valence-electron chi connectivity index (χ0n) is 22.7. The number of hydrogen-bond acceptors (Lipinski definition) is 2. The summed E-state index contributed by atoms with van der Waals surface area (Å²) < 4.78 is 4.99. The van der Waals surface area contributed by atoms with Gasteiger partial charge in [-0.05, 0) is 64.4 Å². The molecule has 9 aromatic rings. The fourth-order valence-electron chi connectivity index (χ4n) is 6.38. The van der Waals surface area contributed by atoms with Crippen LogP contribution in [0.1, 0.15) is 0 Å². The Morgan fingerprint density at radius 2 is 1.26 bits per heavy atom. The molecule has 3 heterocycles. The van der Waals surface area contributed by atoms with Crippen molar-refractivity contribution in [1.82, 2.24) is 9.55 Å². The minimum atomic E-state index is 0.991. The van der Waals surface area contributed by atoms with Crippen molar-refractivity contribution in [2.75, 3.05) is 0 Å². The van der Waals surface area contributed by atoms with E-state index in [1.54, 1.807) is 0 Å². The topological polar surface area (TPSA) is 17.8 Å². The van der Waals surface area contributed by atoms with Gasteiger partial charge in [0.15, 0.2) is 0 Å². The Labute approximate surface area is 246 Å². The average Bonchev–Trinajstić information content (AvgIpc) is 3.60. The molecule has 0 N–H and O–H groups in total. The molecule has 0 amide bonds. The van der Waals surface area contributed by atoms with Crippen molar-refractivity contribution in [2.45, 2.75) is 0 Å². The zero-order chi connectivity index (χ0) is 27.6. The van der Waals surface area contributed by atoms with Crippen LogP contribution in [-0.4, -0.2) is 9.55 Å². The molecule has 0 atom stereocenters. The minimum absolute atomic E-state index is 0.991. The highest BCUT2D eigenvalue weighted by Crippen LogP contribution is 2.43. The lowest BCUT2D eigenvalue weighted by Crippen LogP contribution is -1.95. The molecule has 0 unspecified atom stereocenters. The van der Waals surface area contributed by atoms with Gasteiger partial charge in [0.25, 0.3) is 0 Å². The van der Waals surface area contributed by atoms with Crippen LogP contribution in [0.2, 0.25) is 0 Å². The summed E-state index contributed by atoms with van der Waals surface area (Å²) in [6.45, 7) is 0. The largest absolute Gasteiger partial charge is 0.308 e. The van der Waals surface area contributed by atoms with E-state index in [1.165, 1.54) is 53.0 Å². The molecular formula is C39H24N2S. The number of rotatable bonds is 3. The van der Waals surface area contributed by atoms with E-state index in [0.717, 1.165) is 28.0 Å². The first-order valence-electron chi connectivity index (χ1n) is 14.2. The number of pyridine rings is 1. The second-order valence-electron chi connectivity index (χ2n) is 10.8. The van der Waals surface area contributed by atoms with Crippen LogP contribution in [0.3, 0.4) is 0 Å². The molecule has 0 radical (unpaired) electrons. The highest BCUT2D eigenvalue weighted by molar-refractivity contribution is 7.26. The van der Waals surface area contributed by atoms with E-state index in [4.69, 9.17) is 4.98 Å². The van der Waals surface area contributed by atoms with Crippen molar-refractivity contribution in [3.05, 3.63) is 146 Å². The molecule has 0 aliphatic heterocycles. The fourth-order valence-corrected chi connectivity index (χ4v) is 7.63. The Morgan fingerprint density at radius 1 is 0.500 bits per heavy atom. The van der Waals surface area contributed by atoms with E-state index in [2.05, 4.69) is 150 Å². The lowest BCUT2D eigenvalue weighted by atomic mass is 10.0. The van der Waals surface area contributed by atoms with Gasteiger partial charge in [-0.3, -0.25) is 0 Å². The smallest absolute Gasteiger partial charge is 0.0985 e. The van der Waals surface area contributed by atoms with E-state index in [1.807, 2.05) is 11.3 Å². The molecule has 0 saturated heterocycles. The van der Waals surface area contributed by atoms with Crippen molar-refractivity contribution >= 4 is 64.2 Å². The summed E-state index contributed by atoms with van der Waals surface area (Å²) in [5, 5.41) is 6.32. The number of nitrogens with zero attached hydrogens (tertiary/aromatic N) is 2. The molecular weight excluding hydrogens is 529 g/mol. The molecule has 0 fully saturated rings. The fraction of sp³-hybridized carbons (Fsp3) is 0. The summed E-state index contributed by atoms with van der Waals surface area (Å²) in [7, 11) is 0. The highest BCUT2D eigenvalue weighted by Gasteiger charge is 2.19. The molecule has 0 saturated carbocycles. The molecule has 42 heavy (non-hydrogen) atoms. The summed E-state index contributed by atoms with van der Waals surface area (Å²) in [4.78, 5) is 5.34. The Bertz CT molecular complexity index is 2470. The highest BCUT2D eigenvalue weighted by atomic mass is 32.1.